The van der Waals surface area contributed by atoms with Crippen LogP contribution >= 0.6 is 0 Å². The summed E-state index contributed by atoms with van der Waals surface area (Å²) in [7, 11) is 2.31. The molecule has 1 heteroatoms. The molecule has 0 unspecified atom stereocenters. The first-order valence-electron chi connectivity index (χ1n) is 6.69. The SMILES string of the molecule is CN(CCCCC(C)(C)C)C1CCCC1. The van der Waals surface area contributed by atoms with Gasteiger partial charge in [-0.1, -0.05) is 40.0 Å². The maximum absolute atomic E-state index is 2.59. The molecule has 0 bridgehead atoms. The molecule has 90 valence electrons. The summed E-state index contributed by atoms with van der Waals surface area (Å²) in [6, 6.07) is 0.902. The number of unbranched alkanes of at least 4 members (excludes halogenated alkanes) is 1. The molecule has 0 spiro atoms. The lowest BCUT2D eigenvalue weighted by molar-refractivity contribution is 0.234. The van der Waals surface area contributed by atoms with E-state index in [1.54, 1.807) is 0 Å². The van der Waals surface area contributed by atoms with Crippen LogP contribution in [0.3, 0.4) is 0 Å². The number of nitrogens with zero attached hydrogens (tertiary/aromatic N) is 1. The largest absolute Gasteiger partial charge is 0.303 e. The van der Waals surface area contributed by atoms with Gasteiger partial charge in [0.05, 0.1) is 0 Å². The molecular weight excluding hydrogens is 182 g/mol. The highest BCUT2D eigenvalue weighted by molar-refractivity contribution is 4.75. The smallest absolute Gasteiger partial charge is 0.00922 e. The third-order valence-corrected chi connectivity index (χ3v) is 3.64. The van der Waals surface area contributed by atoms with Gasteiger partial charge in [0.25, 0.3) is 0 Å². The van der Waals surface area contributed by atoms with Crippen LogP contribution < -0.4 is 0 Å². The van der Waals surface area contributed by atoms with Crippen LogP contribution in [0.1, 0.15) is 65.7 Å². The van der Waals surface area contributed by atoms with Crippen molar-refractivity contribution in [3.8, 4) is 0 Å². The molecular formula is C14H29N. The first-order chi connectivity index (χ1) is 6.99. The summed E-state index contributed by atoms with van der Waals surface area (Å²) in [6.45, 7) is 8.33. The van der Waals surface area contributed by atoms with Crippen LogP contribution in [0, 0.1) is 5.41 Å². The zero-order valence-corrected chi connectivity index (χ0v) is 11.2. The van der Waals surface area contributed by atoms with Crippen molar-refractivity contribution in [3.05, 3.63) is 0 Å². The summed E-state index contributed by atoms with van der Waals surface area (Å²) < 4.78 is 0. The van der Waals surface area contributed by atoms with Crippen LogP contribution in [-0.2, 0) is 0 Å². The standard InChI is InChI=1S/C14H29N/c1-14(2,3)11-7-8-12-15(4)13-9-5-6-10-13/h13H,5-12H2,1-4H3. The van der Waals surface area contributed by atoms with E-state index in [1.807, 2.05) is 0 Å². The van der Waals surface area contributed by atoms with Gasteiger partial charge in [-0.05, 0) is 44.7 Å². The molecule has 0 aromatic heterocycles. The fraction of sp³-hybridized carbons (Fsp3) is 1.00. The molecule has 1 aliphatic rings. The van der Waals surface area contributed by atoms with E-state index in [-0.39, 0.29) is 0 Å². The average molecular weight is 211 g/mol. The summed E-state index contributed by atoms with van der Waals surface area (Å²) in [5.41, 5.74) is 0.520. The molecule has 1 rings (SSSR count). The van der Waals surface area contributed by atoms with E-state index < -0.39 is 0 Å². The van der Waals surface area contributed by atoms with Gasteiger partial charge in [-0.2, -0.15) is 0 Å². The van der Waals surface area contributed by atoms with E-state index in [0.717, 1.165) is 6.04 Å². The summed E-state index contributed by atoms with van der Waals surface area (Å²) in [5.74, 6) is 0. The van der Waals surface area contributed by atoms with Gasteiger partial charge in [0.2, 0.25) is 0 Å². The van der Waals surface area contributed by atoms with Crippen LogP contribution in [0.4, 0.5) is 0 Å². The molecule has 0 heterocycles. The Morgan fingerprint density at radius 2 is 1.67 bits per heavy atom. The zero-order valence-electron chi connectivity index (χ0n) is 11.2. The second-order valence-corrected chi connectivity index (χ2v) is 6.44. The van der Waals surface area contributed by atoms with Crippen molar-refractivity contribution < 1.29 is 0 Å². The quantitative estimate of drug-likeness (QED) is 0.619. The van der Waals surface area contributed by atoms with Crippen LogP contribution in [0.25, 0.3) is 0 Å². The highest BCUT2D eigenvalue weighted by Crippen LogP contribution is 2.24. The highest BCUT2D eigenvalue weighted by Gasteiger charge is 2.19. The summed E-state index contributed by atoms with van der Waals surface area (Å²) in [4.78, 5) is 2.59. The van der Waals surface area contributed by atoms with Gasteiger partial charge in [0.15, 0.2) is 0 Å². The third-order valence-electron chi connectivity index (χ3n) is 3.64. The maximum Gasteiger partial charge on any atom is 0.00922 e. The molecule has 0 amide bonds. The summed E-state index contributed by atoms with van der Waals surface area (Å²) >= 11 is 0. The van der Waals surface area contributed by atoms with Gasteiger partial charge in [-0.15, -0.1) is 0 Å². The van der Waals surface area contributed by atoms with Gasteiger partial charge in [-0.3, -0.25) is 0 Å². The first kappa shape index (κ1) is 13.0. The van der Waals surface area contributed by atoms with E-state index in [2.05, 4.69) is 32.7 Å². The Bertz CT molecular complexity index is 163. The van der Waals surface area contributed by atoms with Crippen LogP contribution in [-0.4, -0.2) is 24.5 Å². The minimum absolute atomic E-state index is 0.520. The molecule has 0 atom stereocenters. The molecule has 0 saturated heterocycles. The molecule has 0 aromatic carbocycles. The lowest BCUT2D eigenvalue weighted by Crippen LogP contribution is -2.30. The molecule has 1 saturated carbocycles. The highest BCUT2D eigenvalue weighted by atomic mass is 15.1. The Hall–Kier alpha value is -0.0400. The molecule has 0 aromatic rings. The monoisotopic (exact) mass is 211 g/mol. The summed E-state index contributed by atoms with van der Waals surface area (Å²) in [6.07, 6.45) is 9.93. The fourth-order valence-corrected chi connectivity index (χ4v) is 2.54. The molecule has 0 aliphatic heterocycles. The molecule has 1 aliphatic carbocycles. The number of hydrogen-bond acceptors (Lipinski definition) is 1. The minimum Gasteiger partial charge on any atom is -0.303 e. The lowest BCUT2D eigenvalue weighted by atomic mass is 9.90. The number of hydrogen-bond donors (Lipinski definition) is 0. The van der Waals surface area contributed by atoms with Crippen molar-refractivity contribution in [2.24, 2.45) is 5.41 Å². The topological polar surface area (TPSA) is 3.24 Å². The molecule has 1 fully saturated rings. The molecule has 0 radical (unpaired) electrons. The van der Waals surface area contributed by atoms with Crippen molar-refractivity contribution in [3.63, 3.8) is 0 Å². The molecule has 15 heavy (non-hydrogen) atoms. The average Bonchev–Trinajstić information content (AvgIpc) is 2.63. The summed E-state index contributed by atoms with van der Waals surface area (Å²) in [5, 5.41) is 0. The van der Waals surface area contributed by atoms with Crippen molar-refractivity contribution in [1.29, 1.82) is 0 Å². The van der Waals surface area contributed by atoms with Crippen molar-refractivity contribution >= 4 is 0 Å². The van der Waals surface area contributed by atoms with Gasteiger partial charge >= 0.3 is 0 Å². The van der Waals surface area contributed by atoms with Gasteiger partial charge in [-0.25, -0.2) is 0 Å². The van der Waals surface area contributed by atoms with Gasteiger partial charge in [0, 0.05) is 6.04 Å². The molecule has 1 nitrogen and oxygen atoms in total. The van der Waals surface area contributed by atoms with E-state index in [4.69, 9.17) is 0 Å². The second-order valence-electron chi connectivity index (χ2n) is 6.44. The predicted octanol–water partition coefficient (Wildman–Crippen LogP) is 4.08. The van der Waals surface area contributed by atoms with Crippen molar-refractivity contribution in [1.82, 2.24) is 4.90 Å². The third kappa shape index (κ3) is 5.55. The van der Waals surface area contributed by atoms with E-state index in [9.17, 15) is 0 Å². The van der Waals surface area contributed by atoms with Gasteiger partial charge < -0.3 is 4.90 Å². The maximum atomic E-state index is 2.59. The van der Waals surface area contributed by atoms with E-state index >= 15 is 0 Å². The predicted molar refractivity (Wildman–Crippen MR) is 68.2 cm³/mol. The van der Waals surface area contributed by atoms with Crippen molar-refractivity contribution in [2.75, 3.05) is 13.6 Å². The Balaban J connectivity index is 2.04. The Morgan fingerprint density at radius 1 is 1.07 bits per heavy atom. The number of rotatable bonds is 5. The lowest BCUT2D eigenvalue weighted by Gasteiger charge is -2.24. The van der Waals surface area contributed by atoms with Crippen LogP contribution in [0.15, 0.2) is 0 Å². The van der Waals surface area contributed by atoms with Crippen LogP contribution in [0.2, 0.25) is 0 Å². The Kier molecular flexibility index (Phi) is 5.11. The zero-order chi connectivity index (χ0) is 11.3. The normalized spacial score (nSPS) is 19.0. The second kappa shape index (κ2) is 5.89. The Labute approximate surface area is 96.2 Å². The Morgan fingerprint density at radius 3 is 2.20 bits per heavy atom. The van der Waals surface area contributed by atoms with E-state index in [0.29, 0.717) is 5.41 Å². The van der Waals surface area contributed by atoms with Gasteiger partial charge in [0.1, 0.15) is 0 Å². The van der Waals surface area contributed by atoms with E-state index in [1.165, 1.54) is 51.5 Å². The first-order valence-corrected chi connectivity index (χ1v) is 6.69. The fourth-order valence-electron chi connectivity index (χ4n) is 2.54. The van der Waals surface area contributed by atoms with Crippen LogP contribution in [0.5, 0.6) is 0 Å². The molecule has 0 N–H and O–H groups in total. The van der Waals surface area contributed by atoms with Crippen molar-refractivity contribution in [2.45, 2.75) is 71.8 Å². The minimum atomic E-state index is 0.520.